The fourth-order valence-electron chi connectivity index (χ4n) is 1.37. The van der Waals surface area contributed by atoms with Gasteiger partial charge in [0.05, 0.1) is 5.75 Å². The van der Waals surface area contributed by atoms with Gasteiger partial charge in [-0.15, -0.1) is 10.2 Å². The molecule has 6 heteroatoms. The number of thioether (sulfide) groups is 1. The lowest BCUT2D eigenvalue weighted by Crippen LogP contribution is -1.99. The zero-order valence-corrected chi connectivity index (χ0v) is 12.2. The number of nitrogens with two attached hydrogens (primary N) is 1. The van der Waals surface area contributed by atoms with Gasteiger partial charge in [0.1, 0.15) is 0 Å². The first-order chi connectivity index (χ1) is 8.79. The number of aromatic nitrogens is 2. The predicted octanol–water partition coefficient (Wildman–Crippen LogP) is 3.08. The van der Waals surface area contributed by atoms with Crippen molar-refractivity contribution in [1.29, 1.82) is 0 Å². The molecule has 1 aromatic carbocycles. The molecule has 2 N–H and O–H groups in total. The van der Waals surface area contributed by atoms with E-state index >= 15 is 0 Å². The van der Waals surface area contributed by atoms with E-state index in [9.17, 15) is 0 Å². The van der Waals surface area contributed by atoms with Crippen molar-refractivity contribution in [2.24, 2.45) is 5.73 Å². The number of halogens is 1. The van der Waals surface area contributed by atoms with Crippen molar-refractivity contribution < 1.29 is 4.42 Å². The number of rotatable bonds is 6. The van der Waals surface area contributed by atoms with Gasteiger partial charge in [0, 0.05) is 10.0 Å². The Morgan fingerprint density at radius 3 is 2.72 bits per heavy atom. The summed E-state index contributed by atoms with van der Waals surface area (Å²) < 4.78 is 6.63. The van der Waals surface area contributed by atoms with E-state index in [1.165, 1.54) is 0 Å². The first-order valence-electron chi connectivity index (χ1n) is 5.65. The van der Waals surface area contributed by atoms with Crippen LogP contribution in [0, 0.1) is 0 Å². The Morgan fingerprint density at radius 1 is 1.22 bits per heavy atom. The molecule has 0 aliphatic heterocycles. The third kappa shape index (κ3) is 3.83. The molecule has 0 saturated carbocycles. The second kappa shape index (κ2) is 6.92. The summed E-state index contributed by atoms with van der Waals surface area (Å²) in [5.41, 5.74) is 6.37. The van der Waals surface area contributed by atoms with E-state index in [0.29, 0.717) is 11.8 Å². The van der Waals surface area contributed by atoms with Gasteiger partial charge in [0.25, 0.3) is 0 Å². The molecule has 18 heavy (non-hydrogen) atoms. The van der Waals surface area contributed by atoms with Crippen LogP contribution < -0.4 is 5.73 Å². The van der Waals surface area contributed by atoms with Crippen LogP contribution in [0.25, 0.3) is 11.5 Å². The highest BCUT2D eigenvalue weighted by Crippen LogP contribution is 2.21. The zero-order chi connectivity index (χ0) is 12.8. The van der Waals surface area contributed by atoms with Crippen LogP contribution in [0.1, 0.15) is 12.3 Å². The molecular weight excluding hydrogens is 314 g/mol. The molecule has 0 amide bonds. The van der Waals surface area contributed by atoms with Crippen LogP contribution in [0.15, 0.2) is 33.2 Å². The van der Waals surface area contributed by atoms with E-state index in [1.807, 2.05) is 24.3 Å². The summed E-state index contributed by atoms with van der Waals surface area (Å²) in [4.78, 5) is 0. The van der Waals surface area contributed by atoms with Crippen LogP contribution in [-0.4, -0.2) is 22.5 Å². The van der Waals surface area contributed by atoms with Crippen LogP contribution in [0.3, 0.4) is 0 Å². The maximum Gasteiger partial charge on any atom is 0.247 e. The molecule has 2 aromatic rings. The third-order valence-electron chi connectivity index (χ3n) is 2.28. The van der Waals surface area contributed by atoms with Gasteiger partial charge in [-0.05, 0) is 43.0 Å². The summed E-state index contributed by atoms with van der Waals surface area (Å²) in [6.45, 7) is 0.723. The van der Waals surface area contributed by atoms with Gasteiger partial charge in [0.2, 0.25) is 11.8 Å². The Balaban J connectivity index is 1.95. The van der Waals surface area contributed by atoms with Gasteiger partial charge < -0.3 is 10.2 Å². The quantitative estimate of drug-likeness (QED) is 0.826. The standard InChI is InChI=1S/C12H14BrN3OS/c13-10-4-2-9(3-5-10)12-16-15-11(17-12)8-18-7-1-6-14/h2-5H,1,6-8,14H2. The minimum atomic E-state index is 0.567. The van der Waals surface area contributed by atoms with Crippen LogP contribution in [0.4, 0.5) is 0 Å². The SMILES string of the molecule is NCCCSCc1nnc(-c2ccc(Br)cc2)o1. The Labute approximate surface area is 118 Å². The Hall–Kier alpha value is -0.850. The molecule has 0 fully saturated rings. The lowest BCUT2D eigenvalue weighted by molar-refractivity contribution is 0.528. The van der Waals surface area contributed by atoms with E-state index in [1.54, 1.807) is 11.8 Å². The van der Waals surface area contributed by atoms with Crippen LogP contribution in [0.2, 0.25) is 0 Å². The summed E-state index contributed by atoms with van der Waals surface area (Å²) in [5, 5.41) is 8.08. The highest BCUT2D eigenvalue weighted by molar-refractivity contribution is 9.10. The van der Waals surface area contributed by atoms with Crippen molar-refractivity contribution in [3.63, 3.8) is 0 Å². The average Bonchev–Trinajstić information content (AvgIpc) is 2.84. The van der Waals surface area contributed by atoms with Crippen LogP contribution in [0.5, 0.6) is 0 Å². The minimum Gasteiger partial charge on any atom is -0.420 e. The maximum absolute atomic E-state index is 5.60. The molecular formula is C12H14BrN3OS. The smallest absolute Gasteiger partial charge is 0.247 e. The number of benzene rings is 1. The van der Waals surface area contributed by atoms with Gasteiger partial charge >= 0.3 is 0 Å². The number of hydrogen-bond acceptors (Lipinski definition) is 5. The summed E-state index contributed by atoms with van der Waals surface area (Å²) in [5.74, 6) is 2.99. The largest absolute Gasteiger partial charge is 0.420 e. The number of hydrogen-bond donors (Lipinski definition) is 1. The Morgan fingerprint density at radius 2 is 2.00 bits per heavy atom. The first-order valence-corrected chi connectivity index (χ1v) is 7.60. The monoisotopic (exact) mass is 327 g/mol. The van der Waals surface area contributed by atoms with E-state index in [-0.39, 0.29) is 0 Å². The second-order valence-corrected chi connectivity index (χ2v) is 5.72. The lowest BCUT2D eigenvalue weighted by Gasteiger charge is -1.96. The van der Waals surface area contributed by atoms with Crippen molar-refractivity contribution in [3.05, 3.63) is 34.6 Å². The molecule has 4 nitrogen and oxygen atoms in total. The zero-order valence-electron chi connectivity index (χ0n) is 9.80. The highest BCUT2D eigenvalue weighted by Gasteiger charge is 2.08. The first kappa shape index (κ1) is 13.6. The molecule has 0 spiro atoms. The third-order valence-corrected chi connectivity index (χ3v) is 3.83. The van der Waals surface area contributed by atoms with Gasteiger partial charge in [-0.2, -0.15) is 11.8 Å². The molecule has 0 atom stereocenters. The predicted molar refractivity (Wildman–Crippen MR) is 77.3 cm³/mol. The molecule has 96 valence electrons. The van der Waals surface area contributed by atoms with E-state index in [2.05, 4.69) is 26.1 Å². The maximum atomic E-state index is 5.60. The molecule has 0 unspecified atom stereocenters. The van der Waals surface area contributed by atoms with E-state index in [4.69, 9.17) is 10.2 Å². The van der Waals surface area contributed by atoms with Gasteiger partial charge in [-0.25, -0.2) is 0 Å². The van der Waals surface area contributed by atoms with Crippen molar-refractivity contribution in [2.75, 3.05) is 12.3 Å². The summed E-state index contributed by atoms with van der Waals surface area (Å²) >= 11 is 5.15. The van der Waals surface area contributed by atoms with Crippen molar-refractivity contribution >= 4 is 27.7 Å². The van der Waals surface area contributed by atoms with Crippen molar-refractivity contribution in [2.45, 2.75) is 12.2 Å². The van der Waals surface area contributed by atoms with Gasteiger partial charge in [-0.1, -0.05) is 15.9 Å². The normalized spacial score (nSPS) is 10.8. The summed E-state index contributed by atoms with van der Waals surface area (Å²) in [7, 11) is 0. The minimum absolute atomic E-state index is 0.567. The average molecular weight is 328 g/mol. The molecule has 0 bridgehead atoms. The highest BCUT2D eigenvalue weighted by atomic mass is 79.9. The van der Waals surface area contributed by atoms with Gasteiger partial charge in [-0.3, -0.25) is 0 Å². The summed E-state index contributed by atoms with van der Waals surface area (Å²) in [6, 6.07) is 7.80. The second-order valence-electron chi connectivity index (χ2n) is 3.70. The molecule has 0 saturated heterocycles. The van der Waals surface area contributed by atoms with Crippen molar-refractivity contribution in [3.8, 4) is 11.5 Å². The molecule has 0 aliphatic carbocycles. The summed E-state index contributed by atoms with van der Waals surface area (Å²) in [6.07, 6.45) is 1.01. The number of nitrogens with zero attached hydrogens (tertiary/aromatic N) is 2. The fraction of sp³-hybridized carbons (Fsp3) is 0.333. The molecule has 2 rings (SSSR count). The topological polar surface area (TPSA) is 64.9 Å². The van der Waals surface area contributed by atoms with Gasteiger partial charge in [0.15, 0.2) is 0 Å². The molecule has 1 heterocycles. The van der Waals surface area contributed by atoms with Crippen LogP contribution in [-0.2, 0) is 5.75 Å². The van der Waals surface area contributed by atoms with E-state index in [0.717, 1.165) is 34.5 Å². The van der Waals surface area contributed by atoms with E-state index < -0.39 is 0 Å². The van der Waals surface area contributed by atoms with Crippen LogP contribution >= 0.6 is 27.7 Å². The van der Waals surface area contributed by atoms with Crippen molar-refractivity contribution in [1.82, 2.24) is 10.2 Å². The Bertz CT molecular complexity index is 486. The molecule has 0 radical (unpaired) electrons. The molecule has 0 aliphatic rings. The molecule has 1 aromatic heterocycles. The Kier molecular flexibility index (Phi) is 5.22. The lowest BCUT2D eigenvalue weighted by atomic mass is 10.2. The fourth-order valence-corrected chi connectivity index (χ4v) is 2.44.